The fraction of sp³-hybridized carbons (Fsp3) is 0. The van der Waals surface area contributed by atoms with Crippen molar-refractivity contribution in [3.63, 3.8) is 0 Å². The standard InChI is InChI=1S/C40H27N5/c1-4-13-28(14-5-1)32-19-12-20-33(27-32)40-41-35-21-10-11-22-36(35)45(40)34-25-23-31(24-26-34)39-43-37(29-15-6-2-7-16-29)42-38(44-39)30-17-8-3-9-18-30/h1-27H. The first-order valence-electron chi connectivity index (χ1n) is 14.9. The van der Waals surface area contributed by atoms with Crippen molar-refractivity contribution < 1.29 is 0 Å². The highest BCUT2D eigenvalue weighted by Crippen LogP contribution is 2.32. The molecule has 0 aliphatic rings. The van der Waals surface area contributed by atoms with Gasteiger partial charge in [0, 0.05) is 27.9 Å². The van der Waals surface area contributed by atoms with Gasteiger partial charge in [0.25, 0.3) is 0 Å². The molecule has 6 aromatic carbocycles. The molecule has 0 atom stereocenters. The summed E-state index contributed by atoms with van der Waals surface area (Å²) in [5.41, 5.74) is 9.18. The first-order chi connectivity index (χ1) is 22.3. The third-order valence-corrected chi connectivity index (χ3v) is 7.87. The minimum atomic E-state index is 0.625. The van der Waals surface area contributed by atoms with Gasteiger partial charge in [-0.3, -0.25) is 4.57 Å². The smallest absolute Gasteiger partial charge is 0.164 e. The molecule has 0 saturated carbocycles. The normalized spacial score (nSPS) is 11.1. The van der Waals surface area contributed by atoms with Gasteiger partial charge in [0.15, 0.2) is 17.5 Å². The van der Waals surface area contributed by atoms with Crippen LogP contribution in [-0.2, 0) is 0 Å². The number of aromatic nitrogens is 5. The van der Waals surface area contributed by atoms with E-state index in [1.54, 1.807) is 0 Å². The van der Waals surface area contributed by atoms with E-state index in [1.807, 2.05) is 72.8 Å². The van der Waals surface area contributed by atoms with Crippen LogP contribution in [0.1, 0.15) is 0 Å². The van der Waals surface area contributed by atoms with E-state index in [0.717, 1.165) is 50.4 Å². The van der Waals surface area contributed by atoms with Gasteiger partial charge in [0.05, 0.1) is 11.0 Å². The molecule has 45 heavy (non-hydrogen) atoms. The monoisotopic (exact) mass is 577 g/mol. The zero-order valence-corrected chi connectivity index (χ0v) is 24.3. The van der Waals surface area contributed by atoms with E-state index < -0.39 is 0 Å². The number of imidazole rings is 1. The number of hydrogen-bond acceptors (Lipinski definition) is 4. The summed E-state index contributed by atoms with van der Waals surface area (Å²) >= 11 is 0. The second-order valence-corrected chi connectivity index (χ2v) is 10.8. The summed E-state index contributed by atoms with van der Waals surface area (Å²) < 4.78 is 2.22. The highest BCUT2D eigenvalue weighted by atomic mass is 15.1. The molecule has 2 aromatic heterocycles. The molecule has 5 heteroatoms. The maximum absolute atomic E-state index is 5.10. The molecule has 212 valence electrons. The molecule has 8 aromatic rings. The molecule has 0 amide bonds. The molecule has 5 nitrogen and oxygen atoms in total. The van der Waals surface area contributed by atoms with Crippen LogP contribution in [0.4, 0.5) is 0 Å². The number of nitrogens with zero attached hydrogens (tertiary/aromatic N) is 5. The van der Waals surface area contributed by atoms with E-state index in [0.29, 0.717) is 17.5 Å². The number of benzene rings is 6. The molecular formula is C40H27N5. The van der Waals surface area contributed by atoms with Gasteiger partial charge in [-0.25, -0.2) is 19.9 Å². The van der Waals surface area contributed by atoms with Gasteiger partial charge in [-0.15, -0.1) is 0 Å². The fourth-order valence-corrected chi connectivity index (χ4v) is 5.65. The lowest BCUT2D eigenvalue weighted by Gasteiger charge is -2.12. The second kappa shape index (κ2) is 11.5. The molecule has 0 aliphatic carbocycles. The Kier molecular flexibility index (Phi) is 6.74. The second-order valence-electron chi connectivity index (χ2n) is 10.8. The Morgan fingerprint density at radius 2 is 0.800 bits per heavy atom. The van der Waals surface area contributed by atoms with Crippen LogP contribution < -0.4 is 0 Å². The summed E-state index contributed by atoms with van der Waals surface area (Å²) in [5, 5.41) is 0. The molecule has 0 fully saturated rings. The summed E-state index contributed by atoms with van der Waals surface area (Å²) in [6.07, 6.45) is 0. The fourth-order valence-electron chi connectivity index (χ4n) is 5.65. The van der Waals surface area contributed by atoms with Crippen molar-refractivity contribution >= 4 is 11.0 Å². The van der Waals surface area contributed by atoms with Gasteiger partial charge < -0.3 is 0 Å². The van der Waals surface area contributed by atoms with E-state index in [1.165, 1.54) is 5.56 Å². The van der Waals surface area contributed by atoms with Crippen LogP contribution in [0.2, 0.25) is 0 Å². The molecule has 0 unspecified atom stereocenters. The van der Waals surface area contributed by atoms with Crippen LogP contribution in [0.5, 0.6) is 0 Å². The predicted octanol–water partition coefficient (Wildman–Crippen LogP) is 9.55. The van der Waals surface area contributed by atoms with Crippen LogP contribution >= 0.6 is 0 Å². The SMILES string of the molecule is c1ccc(-c2cccc(-c3nc4ccccc4n3-c3ccc(-c4nc(-c5ccccc5)nc(-c5ccccc5)n4)cc3)c2)cc1. The van der Waals surface area contributed by atoms with Crippen molar-refractivity contribution in [2.75, 3.05) is 0 Å². The third kappa shape index (κ3) is 5.17. The number of fused-ring (bicyclic) bond motifs is 1. The van der Waals surface area contributed by atoms with Gasteiger partial charge in [-0.1, -0.05) is 121 Å². The molecule has 0 saturated heterocycles. The highest BCUT2D eigenvalue weighted by molar-refractivity contribution is 5.84. The van der Waals surface area contributed by atoms with Gasteiger partial charge in [0.2, 0.25) is 0 Å². The van der Waals surface area contributed by atoms with E-state index in [2.05, 4.69) is 95.6 Å². The van der Waals surface area contributed by atoms with Gasteiger partial charge in [-0.2, -0.15) is 0 Å². The van der Waals surface area contributed by atoms with E-state index >= 15 is 0 Å². The van der Waals surface area contributed by atoms with Crippen LogP contribution in [0.15, 0.2) is 164 Å². The molecule has 0 radical (unpaired) electrons. The maximum atomic E-state index is 5.10. The van der Waals surface area contributed by atoms with Crippen LogP contribution in [0.3, 0.4) is 0 Å². The third-order valence-electron chi connectivity index (χ3n) is 7.87. The lowest BCUT2D eigenvalue weighted by Crippen LogP contribution is -2.01. The molecule has 0 spiro atoms. The minimum absolute atomic E-state index is 0.625. The molecule has 2 heterocycles. The number of hydrogen-bond donors (Lipinski definition) is 0. The summed E-state index contributed by atoms with van der Waals surface area (Å²) in [5.74, 6) is 2.80. The highest BCUT2D eigenvalue weighted by Gasteiger charge is 2.16. The van der Waals surface area contributed by atoms with Crippen molar-refractivity contribution in [3.05, 3.63) is 164 Å². The Balaban J connectivity index is 1.23. The number of rotatable bonds is 6. The molecular weight excluding hydrogens is 550 g/mol. The zero-order chi connectivity index (χ0) is 30.0. The van der Waals surface area contributed by atoms with Crippen LogP contribution in [0.25, 0.3) is 73.4 Å². The summed E-state index contributed by atoms with van der Waals surface area (Å²) in [7, 11) is 0. The quantitative estimate of drug-likeness (QED) is 0.197. The number of para-hydroxylation sites is 2. The van der Waals surface area contributed by atoms with E-state index in [-0.39, 0.29) is 0 Å². The molecule has 0 aliphatic heterocycles. The van der Waals surface area contributed by atoms with Crippen molar-refractivity contribution in [1.82, 2.24) is 24.5 Å². The van der Waals surface area contributed by atoms with Gasteiger partial charge >= 0.3 is 0 Å². The van der Waals surface area contributed by atoms with Gasteiger partial charge in [-0.05, 0) is 53.6 Å². The zero-order valence-electron chi connectivity index (χ0n) is 24.3. The summed E-state index contributed by atoms with van der Waals surface area (Å²) in [4.78, 5) is 19.7. The lowest BCUT2D eigenvalue weighted by molar-refractivity contribution is 1.07. The topological polar surface area (TPSA) is 56.5 Å². The summed E-state index contributed by atoms with van der Waals surface area (Å²) in [6, 6.07) is 55.7. The van der Waals surface area contributed by atoms with Crippen LogP contribution in [0, 0.1) is 0 Å². The first-order valence-corrected chi connectivity index (χ1v) is 14.9. The molecule has 0 bridgehead atoms. The first kappa shape index (κ1) is 26.4. The van der Waals surface area contributed by atoms with E-state index in [4.69, 9.17) is 19.9 Å². The largest absolute Gasteiger partial charge is 0.292 e. The Hall–Kier alpha value is -6.20. The predicted molar refractivity (Wildman–Crippen MR) is 182 cm³/mol. The Bertz CT molecular complexity index is 2180. The summed E-state index contributed by atoms with van der Waals surface area (Å²) in [6.45, 7) is 0. The van der Waals surface area contributed by atoms with Crippen LogP contribution in [-0.4, -0.2) is 24.5 Å². The van der Waals surface area contributed by atoms with Crippen molar-refractivity contribution in [3.8, 4) is 62.4 Å². The maximum Gasteiger partial charge on any atom is 0.164 e. The van der Waals surface area contributed by atoms with E-state index in [9.17, 15) is 0 Å². The lowest BCUT2D eigenvalue weighted by atomic mass is 10.0. The van der Waals surface area contributed by atoms with Crippen molar-refractivity contribution in [2.24, 2.45) is 0 Å². The minimum Gasteiger partial charge on any atom is -0.292 e. The molecule has 8 rings (SSSR count). The van der Waals surface area contributed by atoms with Gasteiger partial charge in [0.1, 0.15) is 5.82 Å². The Labute approximate surface area is 261 Å². The Morgan fingerprint density at radius 1 is 0.333 bits per heavy atom. The van der Waals surface area contributed by atoms with Crippen molar-refractivity contribution in [1.29, 1.82) is 0 Å². The Morgan fingerprint density at radius 3 is 1.40 bits per heavy atom. The van der Waals surface area contributed by atoms with Crippen molar-refractivity contribution in [2.45, 2.75) is 0 Å². The molecule has 0 N–H and O–H groups in total. The average Bonchev–Trinajstić information content (AvgIpc) is 3.52. The average molecular weight is 578 g/mol.